The standard InChI is InChI=1S/C28H44O3/c1-17(2)14-19-15-21(19)18(3)22-6-7-23-25(22,4)10-9-24-26(5)11-8-20(29)16-27(26)12-13-28(23,24)31-30-27/h12-13,17-24,29H,6-11,14-16H2,1-5H3. The molecule has 5 fully saturated rings. The Hall–Kier alpha value is -0.380. The fourth-order valence-electron chi connectivity index (χ4n) is 10.1. The summed E-state index contributed by atoms with van der Waals surface area (Å²) in [5.74, 6) is 5.50. The van der Waals surface area contributed by atoms with Crippen LogP contribution < -0.4 is 0 Å². The first-order valence-electron chi connectivity index (χ1n) is 13.4. The van der Waals surface area contributed by atoms with Crippen molar-refractivity contribution in [1.29, 1.82) is 0 Å². The molecule has 2 aliphatic heterocycles. The van der Waals surface area contributed by atoms with Crippen LogP contribution in [0, 0.1) is 52.3 Å². The maximum Gasteiger partial charge on any atom is 0.130 e. The van der Waals surface area contributed by atoms with Crippen LogP contribution in [0.2, 0.25) is 0 Å². The van der Waals surface area contributed by atoms with Crippen molar-refractivity contribution in [3.8, 4) is 0 Å². The molecule has 2 heterocycles. The molecule has 11 unspecified atom stereocenters. The second kappa shape index (κ2) is 6.60. The molecule has 11 atom stereocenters. The van der Waals surface area contributed by atoms with Crippen LogP contribution >= 0.6 is 0 Å². The fraction of sp³-hybridized carbons (Fsp3) is 0.929. The molecule has 1 saturated heterocycles. The molecule has 0 aromatic rings. The predicted molar refractivity (Wildman–Crippen MR) is 122 cm³/mol. The van der Waals surface area contributed by atoms with E-state index in [1.807, 2.05) is 0 Å². The van der Waals surface area contributed by atoms with E-state index >= 15 is 0 Å². The summed E-state index contributed by atoms with van der Waals surface area (Å²) >= 11 is 0. The third-order valence-corrected chi connectivity index (χ3v) is 11.8. The lowest BCUT2D eigenvalue weighted by atomic mass is 9.42. The molecule has 3 heteroatoms. The number of hydrogen-bond acceptors (Lipinski definition) is 3. The molecule has 0 aromatic heterocycles. The zero-order valence-electron chi connectivity index (χ0n) is 20.4. The molecule has 31 heavy (non-hydrogen) atoms. The summed E-state index contributed by atoms with van der Waals surface area (Å²) in [5.41, 5.74) is -0.227. The molecule has 1 N–H and O–H groups in total. The maximum absolute atomic E-state index is 10.4. The van der Waals surface area contributed by atoms with Crippen LogP contribution in [0.25, 0.3) is 0 Å². The van der Waals surface area contributed by atoms with E-state index in [1.165, 1.54) is 38.5 Å². The number of hydrogen-bond donors (Lipinski definition) is 1. The lowest BCUT2D eigenvalue weighted by molar-refractivity contribution is -0.497. The van der Waals surface area contributed by atoms with Gasteiger partial charge < -0.3 is 5.11 Å². The van der Waals surface area contributed by atoms with Crippen molar-refractivity contribution in [2.75, 3.05) is 0 Å². The summed E-state index contributed by atoms with van der Waals surface area (Å²) in [4.78, 5) is 12.8. The number of fused-ring (bicyclic) bond motifs is 2. The van der Waals surface area contributed by atoms with E-state index in [0.29, 0.717) is 23.7 Å². The molecule has 0 aromatic carbocycles. The zero-order chi connectivity index (χ0) is 21.8. The van der Waals surface area contributed by atoms with Crippen molar-refractivity contribution in [2.45, 2.75) is 110 Å². The van der Waals surface area contributed by atoms with E-state index in [9.17, 15) is 5.11 Å². The van der Waals surface area contributed by atoms with Gasteiger partial charge in [-0.25, -0.2) is 9.78 Å². The monoisotopic (exact) mass is 428 g/mol. The first kappa shape index (κ1) is 21.2. The minimum absolute atomic E-state index is 0.0864. The molecule has 0 amide bonds. The Balaban J connectivity index is 1.30. The van der Waals surface area contributed by atoms with Crippen molar-refractivity contribution in [3.63, 3.8) is 0 Å². The second-order valence-electron chi connectivity index (χ2n) is 13.5. The van der Waals surface area contributed by atoms with Crippen molar-refractivity contribution < 1.29 is 14.9 Å². The molecular formula is C28H44O3. The summed E-state index contributed by atoms with van der Waals surface area (Å²) < 4.78 is 0. The number of aliphatic hydroxyl groups is 1. The van der Waals surface area contributed by atoms with Gasteiger partial charge in [-0.1, -0.05) is 40.7 Å². The van der Waals surface area contributed by atoms with Crippen LogP contribution in [0.5, 0.6) is 0 Å². The van der Waals surface area contributed by atoms with Crippen LogP contribution in [0.4, 0.5) is 0 Å². The Kier molecular flexibility index (Phi) is 4.51. The average molecular weight is 429 g/mol. The van der Waals surface area contributed by atoms with Gasteiger partial charge in [0.1, 0.15) is 11.2 Å². The Morgan fingerprint density at radius 1 is 0.968 bits per heavy atom. The molecule has 174 valence electrons. The highest BCUT2D eigenvalue weighted by molar-refractivity contribution is 5.33. The summed E-state index contributed by atoms with van der Waals surface area (Å²) in [7, 11) is 0. The van der Waals surface area contributed by atoms with Crippen LogP contribution in [0.1, 0.15) is 92.4 Å². The summed E-state index contributed by atoms with van der Waals surface area (Å²) in [6, 6.07) is 0. The van der Waals surface area contributed by atoms with Gasteiger partial charge in [-0.2, -0.15) is 0 Å². The van der Waals surface area contributed by atoms with Gasteiger partial charge in [-0.3, -0.25) is 0 Å². The summed E-state index contributed by atoms with van der Waals surface area (Å²) in [6.07, 6.45) is 15.2. The minimum atomic E-state index is -0.422. The third-order valence-electron chi connectivity index (χ3n) is 11.8. The molecule has 2 spiro atoms. The maximum atomic E-state index is 10.4. The fourth-order valence-corrected chi connectivity index (χ4v) is 10.1. The van der Waals surface area contributed by atoms with Crippen LogP contribution in [0.15, 0.2) is 12.2 Å². The van der Waals surface area contributed by atoms with Gasteiger partial charge in [-0.15, -0.1) is 0 Å². The Morgan fingerprint density at radius 3 is 2.48 bits per heavy atom. The SMILES string of the molecule is CC(C)CC1CC1C(C)C1CCC2C1(C)CCC1C23C=CC2(CC(O)CCC12C)OO3. The van der Waals surface area contributed by atoms with Gasteiger partial charge in [-0.05, 0) is 92.4 Å². The Morgan fingerprint density at radius 2 is 1.77 bits per heavy atom. The third kappa shape index (κ3) is 2.63. The highest BCUT2D eigenvalue weighted by Crippen LogP contribution is 2.73. The van der Waals surface area contributed by atoms with Crippen molar-refractivity contribution >= 4 is 0 Å². The van der Waals surface area contributed by atoms with E-state index < -0.39 is 5.60 Å². The van der Waals surface area contributed by atoms with E-state index in [1.54, 1.807) is 0 Å². The van der Waals surface area contributed by atoms with E-state index in [2.05, 4.69) is 46.8 Å². The van der Waals surface area contributed by atoms with Crippen LogP contribution in [0.3, 0.4) is 0 Å². The normalized spacial score (nSPS) is 58.0. The van der Waals surface area contributed by atoms with Crippen molar-refractivity contribution in [1.82, 2.24) is 0 Å². The molecule has 5 aliphatic carbocycles. The van der Waals surface area contributed by atoms with Crippen LogP contribution in [-0.4, -0.2) is 22.4 Å². The van der Waals surface area contributed by atoms with Crippen molar-refractivity contribution in [3.05, 3.63) is 12.2 Å². The molecule has 7 aliphatic rings. The smallest absolute Gasteiger partial charge is 0.130 e. The average Bonchev–Trinajstić information content (AvgIpc) is 3.37. The minimum Gasteiger partial charge on any atom is -0.393 e. The molecule has 4 saturated carbocycles. The summed E-state index contributed by atoms with van der Waals surface area (Å²) in [5, 5.41) is 10.4. The molecule has 2 bridgehead atoms. The van der Waals surface area contributed by atoms with E-state index in [4.69, 9.17) is 9.78 Å². The predicted octanol–water partition coefficient (Wildman–Crippen LogP) is 6.31. The highest BCUT2D eigenvalue weighted by atomic mass is 17.2. The topological polar surface area (TPSA) is 38.7 Å². The van der Waals surface area contributed by atoms with E-state index in [-0.39, 0.29) is 17.1 Å². The first-order valence-corrected chi connectivity index (χ1v) is 13.4. The van der Waals surface area contributed by atoms with Crippen LogP contribution in [-0.2, 0) is 9.78 Å². The van der Waals surface area contributed by atoms with Gasteiger partial charge in [0.15, 0.2) is 0 Å². The molecule has 7 rings (SSSR count). The Bertz CT molecular complexity index is 776. The van der Waals surface area contributed by atoms with Gasteiger partial charge in [0, 0.05) is 23.7 Å². The quantitative estimate of drug-likeness (QED) is 0.421. The Labute approximate surface area is 189 Å². The first-order chi connectivity index (χ1) is 14.7. The number of rotatable bonds is 4. The largest absolute Gasteiger partial charge is 0.393 e. The van der Waals surface area contributed by atoms with Gasteiger partial charge in [0.25, 0.3) is 0 Å². The lowest BCUT2D eigenvalue weighted by Gasteiger charge is -2.69. The second-order valence-corrected chi connectivity index (χ2v) is 13.5. The van der Waals surface area contributed by atoms with Gasteiger partial charge in [0.2, 0.25) is 0 Å². The summed E-state index contributed by atoms with van der Waals surface area (Å²) in [6.45, 7) is 12.4. The lowest BCUT2D eigenvalue weighted by Crippen LogP contribution is -2.73. The van der Waals surface area contributed by atoms with E-state index in [0.717, 1.165) is 42.4 Å². The molecular weight excluding hydrogens is 384 g/mol. The van der Waals surface area contributed by atoms with Gasteiger partial charge >= 0.3 is 0 Å². The number of aliphatic hydroxyl groups excluding tert-OH is 1. The van der Waals surface area contributed by atoms with Gasteiger partial charge in [0.05, 0.1) is 6.10 Å². The molecule has 0 radical (unpaired) electrons. The highest BCUT2D eigenvalue weighted by Gasteiger charge is 2.74. The molecule has 3 nitrogen and oxygen atoms in total. The zero-order valence-corrected chi connectivity index (χ0v) is 20.4. The van der Waals surface area contributed by atoms with Crippen molar-refractivity contribution in [2.24, 2.45) is 52.3 Å².